The number of benzene rings is 2. The molecule has 0 unspecified atom stereocenters. The van der Waals surface area contributed by atoms with Crippen LogP contribution in [-0.4, -0.2) is 51.0 Å². The number of rotatable bonds is 4. The van der Waals surface area contributed by atoms with E-state index in [0.717, 1.165) is 12.8 Å². The Morgan fingerprint density at radius 3 is 1.85 bits per heavy atom. The van der Waals surface area contributed by atoms with Gasteiger partial charge in [-0.3, -0.25) is 0 Å². The molecule has 1 aliphatic heterocycles. The minimum atomic E-state index is -1.14. The fourth-order valence-electron chi connectivity index (χ4n) is 4.02. The predicted octanol–water partition coefficient (Wildman–Crippen LogP) is 3.88. The highest BCUT2D eigenvalue weighted by Gasteiger charge is 2.29. The van der Waals surface area contributed by atoms with Gasteiger partial charge in [-0.1, -0.05) is 91.8 Å². The van der Waals surface area contributed by atoms with Crippen LogP contribution in [-0.2, 0) is 9.47 Å². The first-order chi connectivity index (χ1) is 15.5. The largest absolute Gasteiger partial charge is 0.444 e. The van der Waals surface area contributed by atoms with Gasteiger partial charge in [0.15, 0.2) is 0 Å². The molecule has 182 valence electrons. The molecule has 1 aliphatic rings. The number of carbonyl (C=O) groups excluding carboxylic acids is 1. The van der Waals surface area contributed by atoms with Crippen LogP contribution in [0, 0.1) is 0 Å². The van der Waals surface area contributed by atoms with Gasteiger partial charge in [0, 0.05) is 0 Å². The zero-order valence-corrected chi connectivity index (χ0v) is 22.2. The van der Waals surface area contributed by atoms with Crippen LogP contribution in [0.2, 0.25) is 5.04 Å². The Labute approximate surface area is 201 Å². The van der Waals surface area contributed by atoms with E-state index in [4.69, 9.17) is 14.6 Å². The van der Waals surface area contributed by atoms with Crippen LogP contribution in [0.1, 0.15) is 54.4 Å². The molecule has 0 bridgehead atoms. The van der Waals surface area contributed by atoms with Gasteiger partial charge in [-0.2, -0.15) is 0 Å². The molecule has 1 fully saturated rings. The molecule has 6 heteroatoms. The summed E-state index contributed by atoms with van der Waals surface area (Å²) in [6.45, 7) is 13.0. The third-order valence-electron chi connectivity index (χ3n) is 5.43. The Bertz CT molecular complexity index is 783. The van der Waals surface area contributed by atoms with Crippen molar-refractivity contribution in [2.24, 2.45) is 0 Å². The fourth-order valence-corrected chi connectivity index (χ4v) is 7.62. The first-order valence-corrected chi connectivity index (χ1v) is 13.5. The number of aliphatic hydroxyl groups excluding tert-OH is 1. The smallest absolute Gasteiger partial charge is 0.407 e. The molecular formula is C27H41NO4Si. The molecule has 33 heavy (non-hydrogen) atoms. The van der Waals surface area contributed by atoms with E-state index < -0.39 is 20.5 Å². The van der Waals surface area contributed by atoms with Crippen molar-refractivity contribution in [3.63, 3.8) is 0 Å². The summed E-state index contributed by atoms with van der Waals surface area (Å²) >= 11 is 0. The van der Waals surface area contributed by atoms with Crippen molar-refractivity contribution in [1.82, 2.24) is 5.32 Å². The van der Waals surface area contributed by atoms with E-state index in [1.807, 2.05) is 20.8 Å². The Balaban J connectivity index is 0.000000234. The van der Waals surface area contributed by atoms with E-state index >= 15 is 0 Å². The summed E-state index contributed by atoms with van der Waals surface area (Å²) in [7, 11) is -1.14. The SMILES string of the molecule is CC(C)(C)OC(=O)N[C@@H]1CC[C@@H](CO)OC1.CC(C)(C)[SiH](c1ccccc1)c1ccccc1. The number of alkyl carbamates (subject to hydrolysis) is 1. The molecule has 3 rings (SSSR count). The average molecular weight is 472 g/mol. The zero-order valence-electron chi connectivity index (χ0n) is 21.0. The van der Waals surface area contributed by atoms with Gasteiger partial charge in [0.05, 0.1) is 25.4 Å². The van der Waals surface area contributed by atoms with Gasteiger partial charge in [-0.25, -0.2) is 4.79 Å². The van der Waals surface area contributed by atoms with Crippen LogP contribution in [0.3, 0.4) is 0 Å². The molecule has 2 N–H and O–H groups in total. The van der Waals surface area contributed by atoms with Crippen molar-refractivity contribution >= 4 is 25.3 Å². The quantitative estimate of drug-likeness (QED) is 0.664. The van der Waals surface area contributed by atoms with E-state index in [0.29, 0.717) is 11.6 Å². The van der Waals surface area contributed by atoms with Crippen LogP contribution in [0.5, 0.6) is 0 Å². The maximum Gasteiger partial charge on any atom is 0.407 e. The molecule has 0 spiro atoms. The van der Waals surface area contributed by atoms with Gasteiger partial charge in [0.2, 0.25) is 0 Å². The number of carbonyl (C=O) groups is 1. The summed E-state index contributed by atoms with van der Waals surface area (Å²) in [5.41, 5.74) is -0.479. The number of aliphatic hydroxyl groups is 1. The van der Waals surface area contributed by atoms with Crippen molar-refractivity contribution in [3.05, 3.63) is 60.7 Å². The molecule has 2 aromatic rings. The van der Waals surface area contributed by atoms with Crippen molar-refractivity contribution in [3.8, 4) is 0 Å². The summed E-state index contributed by atoms with van der Waals surface area (Å²) in [4.78, 5) is 11.4. The fraction of sp³-hybridized carbons (Fsp3) is 0.519. The van der Waals surface area contributed by atoms with Crippen LogP contribution in [0.25, 0.3) is 0 Å². The van der Waals surface area contributed by atoms with E-state index in [2.05, 4.69) is 86.8 Å². The molecule has 1 heterocycles. The van der Waals surface area contributed by atoms with E-state index in [9.17, 15) is 4.79 Å². The third kappa shape index (κ3) is 9.70. The van der Waals surface area contributed by atoms with Crippen LogP contribution in [0.15, 0.2) is 60.7 Å². The summed E-state index contributed by atoms with van der Waals surface area (Å²) in [5, 5.41) is 15.1. The van der Waals surface area contributed by atoms with E-state index in [1.165, 1.54) is 10.4 Å². The van der Waals surface area contributed by atoms with Gasteiger partial charge in [-0.05, 0) is 38.7 Å². The van der Waals surface area contributed by atoms with Gasteiger partial charge in [-0.15, -0.1) is 0 Å². The molecule has 0 saturated carbocycles. The first kappa shape index (κ1) is 27.1. The lowest BCUT2D eigenvalue weighted by molar-refractivity contribution is -0.0336. The second kappa shape index (κ2) is 12.3. The number of ether oxygens (including phenoxy) is 2. The molecule has 1 amide bonds. The molecular weight excluding hydrogens is 430 g/mol. The second-order valence-corrected chi connectivity index (χ2v) is 14.6. The minimum Gasteiger partial charge on any atom is -0.444 e. The Kier molecular flexibility index (Phi) is 10.1. The lowest BCUT2D eigenvalue weighted by Crippen LogP contribution is -2.48. The standard InChI is InChI=1S/C16H20Si.C11H21NO4/c1-16(2,3)17(14-10-6-4-7-11-14)15-12-8-5-9-13-15;1-11(2,3)16-10(14)12-8-4-5-9(6-13)15-7-8/h4-13,17H,1-3H3;8-9,13H,4-7H2,1-3H3,(H,12,14)/t;8-,9+/m.1/s1. The van der Waals surface area contributed by atoms with E-state index in [1.54, 1.807) is 0 Å². The zero-order chi connectivity index (χ0) is 24.5. The van der Waals surface area contributed by atoms with Gasteiger partial charge in [0.1, 0.15) is 14.4 Å². The second-order valence-electron chi connectivity index (χ2n) is 10.7. The summed E-state index contributed by atoms with van der Waals surface area (Å²) < 4.78 is 10.5. The third-order valence-corrected chi connectivity index (χ3v) is 9.26. The number of amides is 1. The molecule has 0 radical (unpaired) electrons. The molecule has 0 aliphatic carbocycles. The molecule has 2 aromatic carbocycles. The van der Waals surface area contributed by atoms with Gasteiger partial charge < -0.3 is 19.9 Å². The topological polar surface area (TPSA) is 67.8 Å². The molecule has 2 atom stereocenters. The van der Waals surface area contributed by atoms with Gasteiger partial charge >= 0.3 is 6.09 Å². The maximum atomic E-state index is 11.4. The predicted molar refractivity (Wildman–Crippen MR) is 138 cm³/mol. The highest BCUT2D eigenvalue weighted by Crippen LogP contribution is 2.26. The van der Waals surface area contributed by atoms with Crippen molar-refractivity contribution in [1.29, 1.82) is 0 Å². The number of nitrogens with one attached hydrogen (secondary N) is 1. The molecule has 0 aromatic heterocycles. The lowest BCUT2D eigenvalue weighted by atomic mass is 10.1. The van der Waals surface area contributed by atoms with Crippen LogP contribution >= 0.6 is 0 Å². The Morgan fingerprint density at radius 2 is 1.48 bits per heavy atom. The highest BCUT2D eigenvalue weighted by atomic mass is 28.3. The van der Waals surface area contributed by atoms with Crippen LogP contribution in [0.4, 0.5) is 4.79 Å². The van der Waals surface area contributed by atoms with Crippen molar-refractivity contribution < 1.29 is 19.4 Å². The minimum absolute atomic E-state index is 0.0161. The summed E-state index contributed by atoms with van der Waals surface area (Å²) in [5.74, 6) is 0. The first-order valence-electron chi connectivity index (χ1n) is 11.8. The average Bonchev–Trinajstić information content (AvgIpc) is 2.74. The Morgan fingerprint density at radius 1 is 0.970 bits per heavy atom. The van der Waals surface area contributed by atoms with Crippen LogP contribution < -0.4 is 15.7 Å². The number of hydrogen-bond acceptors (Lipinski definition) is 4. The van der Waals surface area contributed by atoms with Crippen molar-refractivity contribution in [2.75, 3.05) is 13.2 Å². The monoisotopic (exact) mass is 471 g/mol. The van der Waals surface area contributed by atoms with Gasteiger partial charge in [0.25, 0.3) is 0 Å². The molecule has 1 saturated heterocycles. The molecule has 5 nitrogen and oxygen atoms in total. The van der Waals surface area contributed by atoms with E-state index in [-0.39, 0.29) is 18.8 Å². The maximum absolute atomic E-state index is 11.4. The summed E-state index contributed by atoms with van der Waals surface area (Å²) in [6, 6.07) is 22.0. The lowest BCUT2D eigenvalue weighted by Gasteiger charge is -2.30. The normalized spacial score (nSPS) is 18.8. The summed E-state index contributed by atoms with van der Waals surface area (Å²) in [6.07, 6.45) is 1.07. The van der Waals surface area contributed by atoms with Crippen molar-refractivity contribution in [2.45, 2.75) is 77.2 Å². The Hall–Kier alpha value is -2.15. The highest BCUT2D eigenvalue weighted by molar-refractivity contribution is 6.87. The number of hydrogen-bond donors (Lipinski definition) is 2.